The van der Waals surface area contributed by atoms with Crippen molar-refractivity contribution < 1.29 is 17.6 Å². The molecule has 23 heavy (non-hydrogen) atoms. The van der Waals surface area contributed by atoms with Gasteiger partial charge in [-0.3, -0.25) is 4.79 Å². The quantitative estimate of drug-likeness (QED) is 0.845. The van der Waals surface area contributed by atoms with Crippen LogP contribution in [0.15, 0.2) is 29.2 Å². The van der Waals surface area contributed by atoms with Gasteiger partial charge in [-0.25, -0.2) is 12.8 Å². The molecule has 0 aromatic heterocycles. The van der Waals surface area contributed by atoms with Gasteiger partial charge >= 0.3 is 0 Å². The lowest BCUT2D eigenvalue weighted by Gasteiger charge is -2.35. The van der Waals surface area contributed by atoms with Crippen molar-refractivity contribution in [3.63, 3.8) is 0 Å². The standard InChI is InChI=1S/C16H21FN2O3S/c17-13-6-5-7-14(12-13)23(21,22)19-11-2-1-8-15(19)16(20)18-9-3-4-10-18/h5-7,12,15H,1-4,8-11H2/t15-/m1/s1. The molecule has 126 valence electrons. The SMILES string of the molecule is O=C([C@H]1CCCCN1S(=O)(=O)c1cccc(F)c1)N1CCCC1. The van der Waals surface area contributed by atoms with Gasteiger partial charge in [-0.15, -0.1) is 0 Å². The highest BCUT2D eigenvalue weighted by atomic mass is 32.2. The van der Waals surface area contributed by atoms with Gasteiger partial charge in [0.1, 0.15) is 11.9 Å². The second-order valence-corrected chi connectivity index (χ2v) is 8.01. The summed E-state index contributed by atoms with van der Waals surface area (Å²) < 4.78 is 40.4. The molecule has 5 nitrogen and oxygen atoms in total. The maximum absolute atomic E-state index is 13.4. The Morgan fingerprint density at radius 1 is 1.09 bits per heavy atom. The second-order valence-electron chi connectivity index (χ2n) is 6.12. The van der Waals surface area contributed by atoms with Crippen molar-refractivity contribution in [1.29, 1.82) is 0 Å². The Morgan fingerprint density at radius 3 is 2.48 bits per heavy atom. The van der Waals surface area contributed by atoms with E-state index in [9.17, 15) is 17.6 Å². The third-order valence-corrected chi connectivity index (χ3v) is 6.46. The molecule has 2 aliphatic rings. The molecule has 0 bridgehead atoms. The Bertz CT molecular complexity index is 686. The zero-order valence-electron chi connectivity index (χ0n) is 12.9. The number of benzene rings is 1. The van der Waals surface area contributed by atoms with E-state index in [1.54, 1.807) is 4.90 Å². The fourth-order valence-electron chi connectivity index (χ4n) is 3.35. The number of carbonyl (C=O) groups excluding carboxylic acids is 1. The smallest absolute Gasteiger partial charge is 0.243 e. The lowest BCUT2D eigenvalue weighted by Crippen LogP contribution is -2.52. The molecule has 1 aromatic carbocycles. The summed E-state index contributed by atoms with van der Waals surface area (Å²) in [7, 11) is -3.86. The fourth-order valence-corrected chi connectivity index (χ4v) is 5.03. The highest BCUT2D eigenvalue weighted by molar-refractivity contribution is 7.89. The molecule has 1 atom stereocenters. The third kappa shape index (κ3) is 3.26. The molecule has 2 fully saturated rings. The van der Waals surface area contributed by atoms with Gasteiger partial charge in [0.05, 0.1) is 4.90 Å². The van der Waals surface area contributed by atoms with Gasteiger partial charge < -0.3 is 4.90 Å². The first kappa shape index (κ1) is 16.4. The van der Waals surface area contributed by atoms with Gasteiger partial charge in [0, 0.05) is 19.6 Å². The lowest BCUT2D eigenvalue weighted by molar-refractivity contribution is -0.135. The Hall–Kier alpha value is -1.47. The van der Waals surface area contributed by atoms with E-state index in [1.165, 1.54) is 22.5 Å². The minimum absolute atomic E-state index is 0.0846. The number of amides is 1. The van der Waals surface area contributed by atoms with Crippen molar-refractivity contribution in [2.75, 3.05) is 19.6 Å². The van der Waals surface area contributed by atoms with Crippen molar-refractivity contribution in [1.82, 2.24) is 9.21 Å². The summed E-state index contributed by atoms with van der Waals surface area (Å²) in [6.45, 7) is 1.70. The Kier molecular flexibility index (Phi) is 4.68. The predicted molar refractivity (Wildman–Crippen MR) is 83.7 cm³/mol. The van der Waals surface area contributed by atoms with Gasteiger partial charge in [-0.2, -0.15) is 4.31 Å². The summed E-state index contributed by atoms with van der Waals surface area (Å²) >= 11 is 0. The van der Waals surface area contributed by atoms with E-state index in [1.807, 2.05) is 0 Å². The third-order valence-electron chi connectivity index (χ3n) is 4.56. The van der Waals surface area contributed by atoms with Crippen molar-refractivity contribution in [3.05, 3.63) is 30.1 Å². The van der Waals surface area contributed by atoms with Crippen LogP contribution in [0.5, 0.6) is 0 Å². The Labute approximate surface area is 136 Å². The first-order chi connectivity index (χ1) is 11.0. The zero-order valence-corrected chi connectivity index (χ0v) is 13.8. The maximum Gasteiger partial charge on any atom is 0.243 e. The molecule has 0 radical (unpaired) electrons. The van der Waals surface area contributed by atoms with Gasteiger partial charge in [0.15, 0.2) is 0 Å². The minimum Gasteiger partial charge on any atom is -0.341 e. The van der Waals surface area contributed by atoms with E-state index in [4.69, 9.17) is 0 Å². The number of rotatable bonds is 3. The summed E-state index contributed by atoms with van der Waals surface area (Å²) in [6, 6.07) is 4.33. The van der Waals surface area contributed by atoms with Crippen LogP contribution < -0.4 is 0 Å². The van der Waals surface area contributed by atoms with E-state index in [-0.39, 0.29) is 10.8 Å². The van der Waals surface area contributed by atoms with E-state index in [0.717, 1.165) is 31.7 Å². The Morgan fingerprint density at radius 2 is 1.78 bits per heavy atom. The number of halogens is 1. The van der Waals surface area contributed by atoms with Crippen LogP contribution in [0.25, 0.3) is 0 Å². The normalized spacial score (nSPS) is 23.2. The van der Waals surface area contributed by atoms with Gasteiger partial charge in [0.2, 0.25) is 15.9 Å². The monoisotopic (exact) mass is 340 g/mol. The largest absolute Gasteiger partial charge is 0.341 e. The number of nitrogens with zero attached hydrogens (tertiary/aromatic N) is 2. The highest BCUT2D eigenvalue weighted by Gasteiger charge is 2.39. The van der Waals surface area contributed by atoms with Crippen LogP contribution >= 0.6 is 0 Å². The van der Waals surface area contributed by atoms with Crippen molar-refractivity contribution >= 4 is 15.9 Å². The Balaban J connectivity index is 1.89. The first-order valence-corrected chi connectivity index (χ1v) is 9.50. The van der Waals surface area contributed by atoms with Crippen LogP contribution in [0, 0.1) is 5.82 Å². The molecule has 0 saturated carbocycles. The van der Waals surface area contributed by atoms with E-state index < -0.39 is 21.9 Å². The number of hydrogen-bond donors (Lipinski definition) is 0. The number of hydrogen-bond acceptors (Lipinski definition) is 3. The van der Waals surface area contributed by atoms with Crippen molar-refractivity contribution in [3.8, 4) is 0 Å². The second kappa shape index (κ2) is 6.57. The molecule has 0 aliphatic carbocycles. The average molecular weight is 340 g/mol. The molecule has 2 aliphatic heterocycles. The summed E-state index contributed by atoms with van der Waals surface area (Å²) in [5.74, 6) is -0.701. The number of carbonyl (C=O) groups is 1. The van der Waals surface area contributed by atoms with Gasteiger partial charge in [-0.05, 0) is 43.9 Å². The molecule has 0 unspecified atom stereocenters. The fraction of sp³-hybridized carbons (Fsp3) is 0.562. The van der Waals surface area contributed by atoms with Crippen LogP contribution in [0.1, 0.15) is 32.1 Å². The maximum atomic E-state index is 13.4. The molecule has 1 aromatic rings. The first-order valence-electron chi connectivity index (χ1n) is 8.06. The molecule has 7 heteroatoms. The van der Waals surface area contributed by atoms with E-state index >= 15 is 0 Å². The number of likely N-dealkylation sites (tertiary alicyclic amines) is 1. The van der Waals surface area contributed by atoms with Crippen molar-refractivity contribution in [2.45, 2.75) is 43.0 Å². The summed E-state index contributed by atoms with van der Waals surface area (Å²) in [5, 5.41) is 0. The molecular formula is C16H21FN2O3S. The summed E-state index contributed by atoms with van der Waals surface area (Å²) in [6.07, 6.45) is 4.02. The van der Waals surface area contributed by atoms with E-state index in [2.05, 4.69) is 0 Å². The lowest BCUT2D eigenvalue weighted by atomic mass is 10.0. The molecule has 1 amide bonds. The topological polar surface area (TPSA) is 57.7 Å². The van der Waals surface area contributed by atoms with Crippen LogP contribution in [0.3, 0.4) is 0 Å². The van der Waals surface area contributed by atoms with E-state index in [0.29, 0.717) is 26.1 Å². The van der Waals surface area contributed by atoms with Crippen LogP contribution in [0.4, 0.5) is 4.39 Å². The highest BCUT2D eigenvalue weighted by Crippen LogP contribution is 2.27. The molecular weight excluding hydrogens is 319 g/mol. The molecule has 2 saturated heterocycles. The average Bonchev–Trinajstić information content (AvgIpc) is 3.08. The van der Waals surface area contributed by atoms with Crippen LogP contribution in [-0.2, 0) is 14.8 Å². The molecule has 2 heterocycles. The summed E-state index contributed by atoms with van der Waals surface area (Å²) in [4.78, 5) is 14.4. The van der Waals surface area contributed by atoms with Crippen LogP contribution in [0.2, 0.25) is 0 Å². The number of sulfonamides is 1. The van der Waals surface area contributed by atoms with Gasteiger partial charge in [-0.1, -0.05) is 12.5 Å². The summed E-state index contributed by atoms with van der Waals surface area (Å²) in [5.41, 5.74) is 0. The molecule has 0 N–H and O–H groups in total. The van der Waals surface area contributed by atoms with Crippen LogP contribution in [-0.4, -0.2) is 49.2 Å². The molecule has 0 spiro atoms. The van der Waals surface area contributed by atoms with Crippen molar-refractivity contribution in [2.24, 2.45) is 0 Å². The number of piperidine rings is 1. The molecule has 3 rings (SSSR count). The minimum atomic E-state index is -3.86. The predicted octanol–water partition coefficient (Wildman–Crippen LogP) is 1.99. The zero-order chi connectivity index (χ0) is 16.4. The van der Waals surface area contributed by atoms with Gasteiger partial charge in [0.25, 0.3) is 0 Å².